The third-order valence-corrected chi connectivity index (χ3v) is 4.27. The zero-order valence-corrected chi connectivity index (χ0v) is 14.7. The zero-order chi connectivity index (χ0) is 17.6. The number of esters is 1. The molecule has 1 aliphatic heterocycles. The summed E-state index contributed by atoms with van der Waals surface area (Å²) < 4.78 is 10.3. The lowest BCUT2D eigenvalue weighted by molar-refractivity contribution is 0.0600. The number of rotatable bonds is 6. The van der Waals surface area contributed by atoms with Gasteiger partial charge in [0.1, 0.15) is 5.75 Å². The predicted octanol–water partition coefficient (Wildman–Crippen LogP) is 3.55. The number of nitrogens with zero attached hydrogens (tertiary/aromatic N) is 1. The first-order valence-corrected chi connectivity index (χ1v) is 8.44. The second-order valence-electron chi connectivity index (χ2n) is 6.25. The summed E-state index contributed by atoms with van der Waals surface area (Å²) in [4.78, 5) is 13.7. The number of hydrogen-bond donors (Lipinski definition) is 0. The molecule has 25 heavy (non-hydrogen) atoms. The highest BCUT2D eigenvalue weighted by Gasteiger charge is 2.12. The Kier molecular flexibility index (Phi) is 5.51. The number of ether oxygens (including phenoxy) is 2. The van der Waals surface area contributed by atoms with Crippen LogP contribution in [0.2, 0.25) is 0 Å². The Hall–Kier alpha value is -2.59. The summed E-state index contributed by atoms with van der Waals surface area (Å²) in [5, 5.41) is 0. The highest BCUT2D eigenvalue weighted by molar-refractivity contribution is 5.89. The van der Waals surface area contributed by atoms with Gasteiger partial charge in [-0.3, -0.25) is 4.90 Å². The molecule has 0 spiro atoms. The number of benzene rings is 2. The summed E-state index contributed by atoms with van der Waals surface area (Å²) in [6.07, 6.45) is 5.20. The van der Waals surface area contributed by atoms with Crippen molar-refractivity contribution in [2.75, 3.05) is 27.3 Å². The topological polar surface area (TPSA) is 38.8 Å². The van der Waals surface area contributed by atoms with Crippen molar-refractivity contribution in [3.63, 3.8) is 0 Å². The van der Waals surface area contributed by atoms with Crippen LogP contribution in [0.1, 0.15) is 27.0 Å². The SMILES string of the molecule is COC(=O)c1ccc(C=CCN(C)Cc2ccc3c(c2)CCO3)cc1. The molecule has 0 bridgehead atoms. The summed E-state index contributed by atoms with van der Waals surface area (Å²) in [5.41, 5.74) is 4.25. The minimum Gasteiger partial charge on any atom is -0.493 e. The van der Waals surface area contributed by atoms with Gasteiger partial charge in [-0.25, -0.2) is 4.79 Å². The molecule has 0 atom stereocenters. The molecular weight excluding hydrogens is 314 g/mol. The van der Waals surface area contributed by atoms with Gasteiger partial charge in [-0.2, -0.15) is 0 Å². The van der Waals surface area contributed by atoms with Crippen LogP contribution in [0.5, 0.6) is 5.75 Å². The Bertz CT molecular complexity index is 765. The van der Waals surface area contributed by atoms with Gasteiger partial charge in [0.05, 0.1) is 19.3 Å². The summed E-state index contributed by atoms with van der Waals surface area (Å²) in [6.45, 7) is 2.55. The molecule has 2 aromatic carbocycles. The van der Waals surface area contributed by atoms with Crippen LogP contribution in [0.3, 0.4) is 0 Å². The Morgan fingerprint density at radius 1 is 1.24 bits per heavy atom. The van der Waals surface area contributed by atoms with Crippen LogP contribution in [-0.4, -0.2) is 38.2 Å². The van der Waals surface area contributed by atoms with Crippen LogP contribution in [0.4, 0.5) is 0 Å². The summed E-state index contributed by atoms with van der Waals surface area (Å²) in [5.74, 6) is 0.719. The van der Waals surface area contributed by atoms with E-state index in [1.165, 1.54) is 18.2 Å². The van der Waals surface area contributed by atoms with Crippen molar-refractivity contribution in [1.82, 2.24) is 4.90 Å². The van der Waals surface area contributed by atoms with E-state index in [1.807, 2.05) is 12.1 Å². The van der Waals surface area contributed by atoms with E-state index in [2.05, 4.69) is 42.3 Å². The van der Waals surface area contributed by atoms with Gasteiger partial charge < -0.3 is 9.47 Å². The third kappa shape index (κ3) is 4.48. The second kappa shape index (κ2) is 7.99. The molecular formula is C21H23NO3. The van der Waals surface area contributed by atoms with Crippen LogP contribution in [0, 0.1) is 0 Å². The van der Waals surface area contributed by atoms with Crippen molar-refractivity contribution in [2.45, 2.75) is 13.0 Å². The molecule has 1 aliphatic rings. The average molecular weight is 337 g/mol. The smallest absolute Gasteiger partial charge is 0.337 e. The monoisotopic (exact) mass is 337 g/mol. The molecule has 2 aromatic rings. The van der Waals surface area contributed by atoms with E-state index in [0.29, 0.717) is 5.56 Å². The first kappa shape index (κ1) is 17.2. The molecule has 1 heterocycles. The molecule has 0 saturated heterocycles. The number of likely N-dealkylation sites (N-methyl/N-ethyl adjacent to an activating group) is 1. The molecule has 0 unspecified atom stereocenters. The highest BCUT2D eigenvalue weighted by Crippen LogP contribution is 2.26. The number of methoxy groups -OCH3 is 1. The molecule has 4 heteroatoms. The van der Waals surface area contributed by atoms with E-state index in [0.717, 1.165) is 37.4 Å². The van der Waals surface area contributed by atoms with Crippen LogP contribution in [0.25, 0.3) is 6.08 Å². The normalized spacial score (nSPS) is 13.1. The van der Waals surface area contributed by atoms with Gasteiger partial charge in [-0.1, -0.05) is 36.4 Å². The van der Waals surface area contributed by atoms with Crippen molar-refractivity contribution >= 4 is 12.0 Å². The van der Waals surface area contributed by atoms with Gasteiger partial charge in [-0.05, 0) is 41.9 Å². The molecule has 0 amide bonds. The summed E-state index contributed by atoms with van der Waals surface area (Å²) in [6, 6.07) is 13.9. The maximum Gasteiger partial charge on any atom is 0.337 e. The molecule has 130 valence electrons. The molecule has 4 nitrogen and oxygen atoms in total. The zero-order valence-electron chi connectivity index (χ0n) is 14.7. The minimum absolute atomic E-state index is 0.310. The molecule has 3 rings (SSSR count). The van der Waals surface area contributed by atoms with Crippen LogP contribution >= 0.6 is 0 Å². The standard InChI is InChI=1S/C21H23NO3/c1-22(15-17-7-10-20-19(14-17)11-13-25-20)12-3-4-16-5-8-18(9-6-16)21(23)24-2/h3-10,14H,11-13,15H2,1-2H3. The molecule has 0 saturated carbocycles. The van der Waals surface area contributed by atoms with Gasteiger partial charge in [0.2, 0.25) is 0 Å². The lowest BCUT2D eigenvalue weighted by Gasteiger charge is -2.15. The Morgan fingerprint density at radius 2 is 2.04 bits per heavy atom. The van der Waals surface area contributed by atoms with Gasteiger partial charge in [0, 0.05) is 19.5 Å². The quantitative estimate of drug-likeness (QED) is 0.756. The minimum atomic E-state index is -0.310. The summed E-state index contributed by atoms with van der Waals surface area (Å²) in [7, 11) is 3.49. The van der Waals surface area contributed by atoms with Crippen molar-refractivity contribution in [3.8, 4) is 5.75 Å². The fraction of sp³-hybridized carbons (Fsp3) is 0.286. The summed E-state index contributed by atoms with van der Waals surface area (Å²) >= 11 is 0. The van der Waals surface area contributed by atoms with E-state index in [-0.39, 0.29) is 5.97 Å². The van der Waals surface area contributed by atoms with Crippen LogP contribution < -0.4 is 4.74 Å². The Labute approximate surface area is 148 Å². The van der Waals surface area contributed by atoms with E-state index in [1.54, 1.807) is 12.1 Å². The lowest BCUT2D eigenvalue weighted by Crippen LogP contribution is -2.17. The number of hydrogen-bond acceptors (Lipinski definition) is 4. The first-order chi connectivity index (χ1) is 12.2. The van der Waals surface area contributed by atoms with E-state index >= 15 is 0 Å². The Morgan fingerprint density at radius 3 is 2.80 bits per heavy atom. The fourth-order valence-corrected chi connectivity index (χ4v) is 2.93. The third-order valence-electron chi connectivity index (χ3n) is 4.27. The lowest BCUT2D eigenvalue weighted by atomic mass is 10.1. The van der Waals surface area contributed by atoms with Gasteiger partial charge >= 0.3 is 5.97 Å². The van der Waals surface area contributed by atoms with Gasteiger partial charge in [-0.15, -0.1) is 0 Å². The van der Waals surface area contributed by atoms with Gasteiger partial charge in [0.15, 0.2) is 0 Å². The Balaban J connectivity index is 1.52. The number of carbonyl (C=O) groups excluding carboxylic acids is 1. The van der Waals surface area contributed by atoms with Crippen molar-refractivity contribution in [2.24, 2.45) is 0 Å². The first-order valence-electron chi connectivity index (χ1n) is 8.44. The largest absolute Gasteiger partial charge is 0.493 e. The molecule has 0 aromatic heterocycles. The van der Waals surface area contributed by atoms with Crippen molar-refractivity contribution < 1.29 is 14.3 Å². The predicted molar refractivity (Wildman–Crippen MR) is 98.8 cm³/mol. The maximum absolute atomic E-state index is 11.4. The number of fused-ring (bicyclic) bond motifs is 1. The molecule has 0 radical (unpaired) electrons. The van der Waals surface area contributed by atoms with Crippen LogP contribution in [0.15, 0.2) is 48.5 Å². The average Bonchev–Trinajstić information content (AvgIpc) is 3.09. The second-order valence-corrected chi connectivity index (χ2v) is 6.25. The van der Waals surface area contributed by atoms with E-state index in [9.17, 15) is 4.79 Å². The van der Waals surface area contributed by atoms with E-state index < -0.39 is 0 Å². The van der Waals surface area contributed by atoms with Gasteiger partial charge in [0.25, 0.3) is 0 Å². The molecule has 0 N–H and O–H groups in total. The van der Waals surface area contributed by atoms with Crippen molar-refractivity contribution in [1.29, 1.82) is 0 Å². The molecule has 0 fully saturated rings. The van der Waals surface area contributed by atoms with E-state index in [4.69, 9.17) is 9.47 Å². The van der Waals surface area contributed by atoms with Crippen LogP contribution in [-0.2, 0) is 17.7 Å². The number of carbonyl (C=O) groups is 1. The maximum atomic E-state index is 11.4. The highest BCUT2D eigenvalue weighted by atomic mass is 16.5. The fourth-order valence-electron chi connectivity index (χ4n) is 2.93. The molecule has 0 aliphatic carbocycles. The van der Waals surface area contributed by atoms with Crippen molar-refractivity contribution in [3.05, 3.63) is 70.8 Å².